The van der Waals surface area contributed by atoms with Crippen molar-refractivity contribution in [1.29, 1.82) is 0 Å². The number of primary amides is 1. The zero-order valence-electron chi connectivity index (χ0n) is 17.4. The quantitative estimate of drug-likeness (QED) is 0.374. The predicted molar refractivity (Wildman–Crippen MR) is 132 cm³/mol. The molecule has 0 spiro atoms. The van der Waals surface area contributed by atoms with Gasteiger partial charge < -0.3 is 16.4 Å². The van der Waals surface area contributed by atoms with Crippen molar-refractivity contribution < 1.29 is 14.4 Å². The summed E-state index contributed by atoms with van der Waals surface area (Å²) in [6, 6.07) is 18.7. The molecule has 170 valence electrons. The van der Waals surface area contributed by atoms with Gasteiger partial charge in [0.1, 0.15) is 0 Å². The van der Waals surface area contributed by atoms with Gasteiger partial charge in [-0.3, -0.25) is 23.7 Å². The highest BCUT2D eigenvalue weighted by Crippen LogP contribution is 2.27. The first-order chi connectivity index (χ1) is 16.3. The van der Waals surface area contributed by atoms with Gasteiger partial charge in [0.05, 0.1) is 20.6 Å². The molecule has 0 aliphatic carbocycles. The second-order valence-corrected chi connectivity index (χ2v) is 8.81. The van der Waals surface area contributed by atoms with Crippen molar-refractivity contribution in [2.75, 3.05) is 10.6 Å². The van der Waals surface area contributed by atoms with E-state index >= 15 is 0 Å². The molecule has 0 bridgehead atoms. The van der Waals surface area contributed by atoms with Gasteiger partial charge in [0.2, 0.25) is 5.91 Å². The maximum absolute atomic E-state index is 12.9. The summed E-state index contributed by atoms with van der Waals surface area (Å²) in [6.07, 6.45) is 1.63. The molecule has 8 nitrogen and oxygen atoms in total. The Balaban J connectivity index is 1.58. The molecule has 0 aliphatic rings. The third kappa shape index (κ3) is 5.06. The monoisotopic (exact) mass is 492 g/mol. The first-order valence-corrected chi connectivity index (χ1v) is 11.1. The van der Waals surface area contributed by atoms with E-state index in [1.165, 1.54) is 28.8 Å². The minimum atomic E-state index is -0.681. The number of hydrogen-bond acceptors (Lipinski definition) is 5. The number of rotatable bonds is 6. The van der Waals surface area contributed by atoms with E-state index in [-0.39, 0.29) is 22.5 Å². The van der Waals surface area contributed by atoms with E-state index in [2.05, 4.69) is 10.6 Å². The summed E-state index contributed by atoms with van der Waals surface area (Å²) in [6.45, 7) is 0. The second kappa shape index (κ2) is 9.74. The lowest BCUT2D eigenvalue weighted by Crippen LogP contribution is -2.18. The highest BCUT2D eigenvalue weighted by molar-refractivity contribution is 7.18. The number of nitrogens with one attached hydrogen (secondary N) is 2. The maximum Gasteiger partial charge on any atom is 0.265 e. The van der Waals surface area contributed by atoms with Gasteiger partial charge in [-0.25, -0.2) is 0 Å². The lowest BCUT2D eigenvalue weighted by atomic mass is 10.1. The van der Waals surface area contributed by atoms with Crippen LogP contribution >= 0.6 is 22.9 Å². The summed E-state index contributed by atoms with van der Waals surface area (Å²) >= 11 is 7.00. The average Bonchev–Trinajstić information content (AvgIpc) is 3.27. The Morgan fingerprint density at radius 1 is 0.824 bits per heavy atom. The molecule has 0 saturated heterocycles. The van der Waals surface area contributed by atoms with E-state index in [1.54, 1.807) is 54.7 Å². The molecular weight excluding hydrogens is 476 g/mol. The maximum atomic E-state index is 12.9. The Kier molecular flexibility index (Phi) is 6.58. The van der Waals surface area contributed by atoms with Crippen LogP contribution < -0.4 is 21.9 Å². The Bertz CT molecular complexity index is 1460. The number of benzene rings is 2. The summed E-state index contributed by atoms with van der Waals surface area (Å²) in [4.78, 5) is 49.4. The number of pyridine rings is 1. The lowest BCUT2D eigenvalue weighted by Gasteiger charge is -2.13. The van der Waals surface area contributed by atoms with E-state index < -0.39 is 17.7 Å². The van der Waals surface area contributed by atoms with Gasteiger partial charge in [0, 0.05) is 29.1 Å². The van der Waals surface area contributed by atoms with Crippen LogP contribution in [0.1, 0.15) is 30.4 Å². The molecule has 10 heteroatoms. The molecule has 0 atom stereocenters. The van der Waals surface area contributed by atoms with Crippen LogP contribution in [-0.2, 0) is 0 Å². The number of carbonyl (C=O) groups excluding carboxylic acids is 3. The van der Waals surface area contributed by atoms with Gasteiger partial charge in [0.15, 0.2) is 0 Å². The van der Waals surface area contributed by atoms with E-state index in [0.29, 0.717) is 20.5 Å². The van der Waals surface area contributed by atoms with Gasteiger partial charge in [-0.2, -0.15) is 0 Å². The SMILES string of the molecule is NC(=O)c1ccc(NC(=O)c2ccc(-n3ccccc3=O)cc2)c(NC(=O)c2ccc(Cl)s2)c1. The highest BCUT2D eigenvalue weighted by atomic mass is 35.5. The number of anilines is 2. The van der Waals surface area contributed by atoms with Gasteiger partial charge in [-0.1, -0.05) is 17.7 Å². The van der Waals surface area contributed by atoms with Crippen LogP contribution in [0.3, 0.4) is 0 Å². The topological polar surface area (TPSA) is 123 Å². The minimum absolute atomic E-state index is 0.162. The number of amides is 3. The molecule has 2 heterocycles. The molecule has 0 aliphatic heterocycles. The number of aromatic nitrogens is 1. The normalized spacial score (nSPS) is 10.5. The van der Waals surface area contributed by atoms with Crippen molar-refractivity contribution in [3.63, 3.8) is 0 Å². The van der Waals surface area contributed by atoms with E-state index in [0.717, 1.165) is 11.3 Å². The van der Waals surface area contributed by atoms with Crippen LogP contribution in [0.5, 0.6) is 0 Å². The van der Waals surface area contributed by atoms with Crippen LogP contribution in [0.2, 0.25) is 4.34 Å². The molecule has 0 saturated carbocycles. The zero-order chi connectivity index (χ0) is 24.2. The molecule has 0 radical (unpaired) electrons. The second-order valence-electron chi connectivity index (χ2n) is 7.09. The summed E-state index contributed by atoms with van der Waals surface area (Å²) in [7, 11) is 0. The van der Waals surface area contributed by atoms with Gasteiger partial charge in [0.25, 0.3) is 17.4 Å². The lowest BCUT2D eigenvalue weighted by molar-refractivity contribution is 0.0996. The van der Waals surface area contributed by atoms with Crippen molar-refractivity contribution in [2.45, 2.75) is 0 Å². The first kappa shape index (κ1) is 23.0. The van der Waals surface area contributed by atoms with Crippen LogP contribution in [0.15, 0.2) is 83.8 Å². The van der Waals surface area contributed by atoms with Crippen molar-refractivity contribution >= 4 is 52.0 Å². The van der Waals surface area contributed by atoms with Crippen molar-refractivity contribution in [1.82, 2.24) is 4.57 Å². The molecule has 4 aromatic rings. The number of hydrogen-bond donors (Lipinski definition) is 3. The first-order valence-electron chi connectivity index (χ1n) is 9.92. The van der Waals surface area contributed by atoms with Crippen molar-refractivity contribution in [2.24, 2.45) is 5.73 Å². The van der Waals surface area contributed by atoms with Gasteiger partial charge in [-0.15, -0.1) is 11.3 Å². The number of nitrogens with two attached hydrogens (primary N) is 1. The molecule has 0 unspecified atom stereocenters. The Labute approximate surface area is 202 Å². The molecule has 4 rings (SSSR count). The van der Waals surface area contributed by atoms with Crippen molar-refractivity contribution in [3.05, 3.63) is 110 Å². The third-order valence-corrected chi connectivity index (χ3v) is 6.06. The number of carbonyl (C=O) groups is 3. The summed E-state index contributed by atoms with van der Waals surface area (Å²) in [5.74, 6) is -1.58. The fraction of sp³-hybridized carbons (Fsp3) is 0. The fourth-order valence-electron chi connectivity index (χ4n) is 3.14. The Morgan fingerprint density at radius 2 is 1.53 bits per heavy atom. The summed E-state index contributed by atoms with van der Waals surface area (Å²) < 4.78 is 1.90. The zero-order valence-corrected chi connectivity index (χ0v) is 19.0. The average molecular weight is 493 g/mol. The number of halogens is 1. The van der Waals surface area contributed by atoms with Crippen LogP contribution in [0.4, 0.5) is 11.4 Å². The Morgan fingerprint density at radius 3 is 2.18 bits per heavy atom. The van der Waals surface area contributed by atoms with E-state index in [1.807, 2.05) is 0 Å². The van der Waals surface area contributed by atoms with E-state index in [9.17, 15) is 19.2 Å². The molecular formula is C24H17ClN4O4S. The molecule has 0 fully saturated rings. The largest absolute Gasteiger partial charge is 0.366 e. The Hall–Kier alpha value is -4.21. The summed E-state index contributed by atoms with van der Waals surface area (Å²) in [5.41, 5.74) is 6.74. The summed E-state index contributed by atoms with van der Waals surface area (Å²) in [5, 5.41) is 5.41. The molecule has 2 aromatic carbocycles. The highest BCUT2D eigenvalue weighted by Gasteiger charge is 2.16. The van der Waals surface area contributed by atoms with E-state index in [4.69, 9.17) is 17.3 Å². The predicted octanol–water partition coefficient (Wildman–Crippen LogP) is 4.16. The molecule has 4 N–H and O–H groups in total. The van der Waals surface area contributed by atoms with Crippen molar-refractivity contribution in [3.8, 4) is 5.69 Å². The number of thiophene rings is 1. The fourth-order valence-corrected chi connectivity index (χ4v) is 4.08. The number of nitrogens with zero attached hydrogens (tertiary/aromatic N) is 1. The van der Waals surface area contributed by atoms with Crippen LogP contribution in [0.25, 0.3) is 5.69 Å². The molecule has 2 aromatic heterocycles. The third-order valence-electron chi connectivity index (χ3n) is 4.83. The van der Waals surface area contributed by atoms with Crippen LogP contribution in [0, 0.1) is 0 Å². The minimum Gasteiger partial charge on any atom is -0.366 e. The van der Waals surface area contributed by atoms with Gasteiger partial charge >= 0.3 is 0 Å². The molecule has 3 amide bonds. The standard InChI is InChI=1S/C24H17ClN4O4S/c25-20-11-10-19(34-20)24(33)28-18-13-15(22(26)31)6-9-17(18)27-23(32)14-4-7-16(8-5-14)29-12-2-1-3-21(29)30/h1-13H,(H2,26,31)(H,27,32)(H,28,33). The van der Waals surface area contributed by atoms with Gasteiger partial charge in [-0.05, 0) is 60.7 Å². The smallest absolute Gasteiger partial charge is 0.265 e. The molecule has 34 heavy (non-hydrogen) atoms. The van der Waals surface area contributed by atoms with Crippen LogP contribution in [-0.4, -0.2) is 22.3 Å².